The maximum absolute atomic E-state index is 12.1. The normalized spacial score (nSPS) is 31.6. The Morgan fingerprint density at radius 2 is 2.00 bits per heavy atom. The molecule has 1 atom stereocenters. The maximum atomic E-state index is 12.1. The highest BCUT2D eigenvalue weighted by atomic mass is 16.5. The third-order valence-corrected chi connectivity index (χ3v) is 5.04. The molecular weight excluding hydrogens is 284 g/mol. The summed E-state index contributed by atoms with van der Waals surface area (Å²) in [4.78, 5) is 25.2. The van der Waals surface area contributed by atoms with Crippen LogP contribution in [0.4, 0.5) is 0 Å². The second-order valence-electron chi connectivity index (χ2n) is 7.01. The molecule has 0 aromatic carbocycles. The molecule has 0 radical (unpaired) electrons. The van der Waals surface area contributed by atoms with Gasteiger partial charge >= 0.3 is 5.97 Å². The molecule has 3 fully saturated rings. The van der Waals surface area contributed by atoms with Crippen molar-refractivity contribution in [2.45, 2.75) is 50.6 Å². The monoisotopic (exact) mass is 310 g/mol. The molecule has 3 rings (SSSR count). The zero-order valence-corrected chi connectivity index (χ0v) is 13.0. The average Bonchev–Trinajstić information content (AvgIpc) is 3.26. The molecule has 6 heteroatoms. The molecule has 0 aromatic rings. The van der Waals surface area contributed by atoms with E-state index < -0.39 is 5.97 Å². The van der Waals surface area contributed by atoms with E-state index in [4.69, 9.17) is 9.84 Å². The van der Waals surface area contributed by atoms with Crippen molar-refractivity contribution in [3.63, 3.8) is 0 Å². The Labute approximate surface area is 131 Å². The zero-order valence-electron chi connectivity index (χ0n) is 13.0. The van der Waals surface area contributed by atoms with Gasteiger partial charge in [-0.1, -0.05) is 0 Å². The van der Waals surface area contributed by atoms with Gasteiger partial charge in [-0.3, -0.25) is 14.5 Å². The van der Waals surface area contributed by atoms with Crippen LogP contribution >= 0.6 is 0 Å². The largest absolute Gasteiger partial charge is 0.480 e. The van der Waals surface area contributed by atoms with Crippen LogP contribution in [0.5, 0.6) is 0 Å². The van der Waals surface area contributed by atoms with Gasteiger partial charge in [0.1, 0.15) is 0 Å². The highest BCUT2D eigenvalue weighted by molar-refractivity contribution is 5.79. The summed E-state index contributed by atoms with van der Waals surface area (Å²) in [5, 5.41) is 12.1. The van der Waals surface area contributed by atoms with Crippen LogP contribution in [0.25, 0.3) is 0 Å². The number of rotatable bonds is 7. The first-order valence-corrected chi connectivity index (χ1v) is 8.45. The van der Waals surface area contributed by atoms with E-state index in [0.29, 0.717) is 18.6 Å². The summed E-state index contributed by atoms with van der Waals surface area (Å²) < 4.78 is 5.36. The van der Waals surface area contributed by atoms with Gasteiger partial charge < -0.3 is 15.2 Å². The first kappa shape index (κ1) is 15.7. The smallest absolute Gasteiger partial charge is 0.317 e. The molecule has 3 aliphatic rings. The minimum atomic E-state index is -0.757. The number of aliphatic carboxylic acids is 1. The lowest BCUT2D eigenvalue weighted by Crippen LogP contribution is -2.56. The summed E-state index contributed by atoms with van der Waals surface area (Å²) in [7, 11) is 0. The van der Waals surface area contributed by atoms with Gasteiger partial charge in [0.15, 0.2) is 0 Å². The molecule has 6 nitrogen and oxygen atoms in total. The van der Waals surface area contributed by atoms with Crippen molar-refractivity contribution in [1.82, 2.24) is 10.2 Å². The van der Waals surface area contributed by atoms with Crippen LogP contribution in [0.2, 0.25) is 0 Å². The van der Waals surface area contributed by atoms with Crippen LogP contribution in [0, 0.1) is 11.8 Å². The summed E-state index contributed by atoms with van der Waals surface area (Å²) in [5.41, 5.74) is 0. The molecule has 2 N–H and O–H groups in total. The third-order valence-electron chi connectivity index (χ3n) is 5.04. The van der Waals surface area contributed by atoms with E-state index in [-0.39, 0.29) is 24.4 Å². The van der Waals surface area contributed by atoms with Crippen molar-refractivity contribution >= 4 is 11.9 Å². The molecule has 2 saturated carbocycles. The van der Waals surface area contributed by atoms with Crippen LogP contribution in [-0.4, -0.2) is 60.3 Å². The summed E-state index contributed by atoms with van der Waals surface area (Å²) in [6.45, 7) is 2.32. The van der Waals surface area contributed by atoms with Crippen molar-refractivity contribution in [2.24, 2.45) is 11.8 Å². The van der Waals surface area contributed by atoms with Crippen LogP contribution in [0.1, 0.15) is 38.5 Å². The number of hydrogen-bond donors (Lipinski definition) is 2. The molecule has 1 saturated heterocycles. The number of ether oxygens (including phenoxy) is 1. The van der Waals surface area contributed by atoms with Gasteiger partial charge in [0.2, 0.25) is 5.91 Å². The minimum absolute atomic E-state index is 0.00520. The fraction of sp³-hybridized carbons (Fsp3) is 0.875. The topological polar surface area (TPSA) is 78.9 Å². The predicted molar refractivity (Wildman–Crippen MR) is 80.4 cm³/mol. The predicted octanol–water partition coefficient (Wildman–Crippen LogP) is 0.857. The quantitative estimate of drug-likeness (QED) is 0.729. The van der Waals surface area contributed by atoms with Crippen LogP contribution < -0.4 is 5.32 Å². The van der Waals surface area contributed by atoms with Crippen molar-refractivity contribution in [3.8, 4) is 0 Å². The first-order valence-electron chi connectivity index (χ1n) is 8.45. The van der Waals surface area contributed by atoms with Crippen molar-refractivity contribution in [3.05, 3.63) is 0 Å². The van der Waals surface area contributed by atoms with E-state index in [0.717, 1.165) is 38.8 Å². The van der Waals surface area contributed by atoms with E-state index in [2.05, 4.69) is 10.2 Å². The second kappa shape index (κ2) is 6.96. The molecule has 1 aliphatic heterocycles. The number of nitrogens with one attached hydrogen (secondary N) is 1. The molecule has 0 bridgehead atoms. The molecule has 1 amide bonds. The number of nitrogens with zero attached hydrogens (tertiary/aromatic N) is 1. The molecular formula is C16H26N2O4. The van der Waals surface area contributed by atoms with Gasteiger partial charge in [-0.15, -0.1) is 0 Å². The van der Waals surface area contributed by atoms with Crippen LogP contribution in [0.3, 0.4) is 0 Å². The number of hydrogen-bond acceptors (Lipinski definition) is 4. The molecule has 22 heavy (non-hydrogen) atoms. The number of carboxylic acid groups (broad SMARTS) is 1. The molecule has 124 valence electrons. The van der Waals surface area contributed by atoms with E-state index in [1.165, 1.54) is 12.8 Å². The highest BCUT2D eigenvalue weighted by Crippen LogP contribution is 2.33. The van der Waals surface area contributed by atoms with Crippen molar-refractivity contribution < 1.29 is 19.4 Å². The number of carbonyl (C=O) groups is 2. The van der Waals surface area contributed by atoms with Crippen LogP contribution in [0.15, 0.2) is 0 Å². The van der Waals surface area contributed by atoms with E-state index in [1.807, 2.05) is 0 Å². The molecule has 1 unspecified atom stereocenters. The van der Waals surface area contributed by atoms with Gasteiger partial charge in [-0.25, -0.2) is 0 Å². The van der Waals surface area contributed by atoms with Gasteiger partial charge in [-0.2, -0.15) is 0 Å². The maximum Gasteiger partial charge on any atom is 0.317 e. The highest BCUT2D eigenvalue weighted by Gasteiger charge is 2.38. The van der Waals surface area contributed by atoms with E-state index in [1.54, 1.807) is 0 Å². The standard InChI is InChI=1S/C16H26N2O4/c19-15(20)9-18(8-11-3-4-11)14-6-13(7-14)17-16(21)12-2-1-5-22-10-12/h11-14H,1-10H2,(H,17,21)(H,19,20). The lowest BCUT2D eigenvalue weighted by molar-refractivity contribution is -0.140. The summed E-state index contributed by atoms with van der Waals surface area (Å²) in [6, 6.07) is 0.513. The van der Waals surface area contributed by atoms with Gasteiger partial charge in [0.05, 0.1) is 19.1 Å². The fourth-order valence-electron chi connectivity index (χ4n) is 3.42. The fourth-order valence-corrected chi connectivity index (χ4v) is 3.42. The Morgan fingerprint density at radius 1 is 1.23 bits per heavy atom. The Hall–Kier alpha value is -1.14. The Morgan fingerprint density at radius 3 is 2.59 bits per heavy atom. The van der Waals surface area contributed by atoms with Gasteiger partial charge in [-0.05, 0) is 44.4 Å². The van der Waals surface area contributed by atoms with E-state index in [9.17, 15) is 9.59 Å². The number of amides is 1. The van der Waals surface area contributed by atoms with Crippen molar-refractivity contribution in [1.29, 1.82) is 0 Å². The SMILES string of the molecule is O=C(O)CN(CC1CC1)C1CC(NC(=O)C2CCCOC2)C1. The Balaban J connectivity index is 1.41. The first-order chi connectivity index (χ1) is 10.6. The summed E-state index contributed by atoms with van der Waals surface area (Å²) >= 11 is 0. The van der Waals surface area contributed by atoms with Crippen LogP contribution in [-0.2, 0) is 14.3 Å². The number of carboxylic acids is 1. The van der Waals surface area contributed by atoms with Gasteiger partial charge in [0.25, 0.3) is 0 Å². The zero-order chi connectivity index (χ0) is 15.5. The summed E-state index contributed by atoms with van der Waals surface area (Å²) in [6.07, 6.45) is 6.07. The van der Waals surface area contributed by atoms with E-state index >= 15 is 0 Å². The second-order valence-corrected chi connectivity index (χ2v) is 7.01. The van der Waals surface area contributed by atoms with Crippen molar-refractivity contribution in [2.75, 3.05) is 26.3 Å². The van der Waals surface area contributed by atoms with Gasteiger partial charge in [0, 0.05) is 25.2 Å². The summed E-state index contributed by atoms with van der Waals surface area (Å²) in [5.74, 6) is 0.0318. The molecule has 0 spiro atoms. The molecule has 2 aliphatic carbocycles. The molecule has 0 aromatic heterocycles. The average molecular weight is 310 g/mol. The Bertz CT molecular complexity index is 412. The minimum Gasteiger partial charge on any atom is -0.480 e. The lowest BCUT2D eigenvalue weighted by Gasteiger charge is -2.43. The lowest BCUT2D eigenvalue weighted by atomic mass is 9.84. The third kappa shape index (κ3) is 4.20. The Kier molecular flexibility index (Phi) is 4.98. The molecule has 1 heterocycles. The number of carbonyl (C=O) groups excluding carboxylic acids is 1.